The summed E-state index contributed by atoms with van der Waals surface area (Å²) in [4.78, 5) is 8.00. The van der Waals surface area contributed by atoms with Crippen LogP contribution in [0.15, 0.2) is 0 Å². The van der Waals surface area contributed by atoms with Gasteiger partial charge in [0, 0.05) is 6.04 Å². The molecule has 0 saturated heterocycles. The molecule has 1 unspecified atom stereocenters. The molecule has 0 aromatic carbocycles. The van der Waals surface area contributed by atoms with Gasteiger partial charge >= 0.3 is 0 Å². The third-order valence-corrected chi connectivity index (χ3v) is 1.73. The summed E-state index contributed by atoms with van der Waals surface area (Å²) in [5.41, 5.74) is 0. The Bertz CT molecular complexity index is 67.6. The number of hydrogen-bond acceptors (Lipinski definition) is 2. The Kier molecular flexibility index (Phi) is 59.9. The fourth-order valence-electron chi connectivity index (χ4n) is 0.845. The first-order chi connectivity index (χ1) is 7.31. The van der Waals surface area contributed by atoms with Crippen molar-refractivity contribution in [2.75, 3.05) is 7.05 Å². The molecule has 1 N–H and O–H groups in total. The molecule has 0 rings (SSSR count). The topological polar surface area (TPSA) is 29.1 Å². The number of nitrogens with one attached hydrogen (secondary N) is 1. The molecule has 2 heteroatoms. The second-order valence-corrected chi connectivity index (χ2v) is 2.69. The first-order valence-electron chi connectivity index (χ1n) is 6.27. The molecule has 96 valence electrons. The molecule has 0 bridgehead atoms. The molecule has 0 fully saturated rings. The van der Waals surface area contributed by atoms with Gasteiger partial charge in [0.05, 0.1) is 0 Å². The quantitative estimate of drug-likeness (QED) is 0.707. The van der Waals surface area contributed by atoms with Gasteiger partial charge in [0.1, 0.15) is 6.79 Å². The van der Waals surface area contributed by atoms with Crippen molar-refractivity contribution < 1.29 is 4.79 Å². The summed E-state index contributed by atoms with van der Waals surface area (Å²) in [6.07, 6.45) is 5.41. The second kappa shape index (κ2) is 37.3. The van der Waals surface area contributed by atoms with Crippen molar-refractivity contribution >= 4 is 6.79 Å². The molecular weight excluding hydrogens is 186 g/mol. The maximum atomic E-state index is 8.00. The number of unbranched alkanes of at least 4 members (excludes halogenated alkanes) is 2. The Morgan fingerprint density at radius 2 is 1.47 bits per heavy atom. The number of hydrogen-bond donors (Lipinski definition) is 1. The minimum atomic E-state index is 0.705. The maximum absolute atomic E-state index is 8.00. The third-order valence-electron chi connectivity index (χ3n) is 1.73. The van der Waals surface area contributed by atoms with Gasteiger partial charge in [0.15, 0.2) is 0 Å². The molecule has 0 spiro atoms. The third kappa shape index (κ3) is 41.9. The van der Waals surface area contributed by atoms with E-state index in [1.165, 1.54) is 25.7 Å². The zero-order valence-corrected chi connectivity index (χ0v) is 12.0. The molecular formula is C13H33NO. The van der Waals surface area contributed by atoms with Crippen LogP contribution in [0.3, 0.4) is 0 Å². The Balaban J connectivity index is -0.0000000860. The molecule has 1 atom stereocenters. The highest BCUT2D eigenvalue weighted by molar-refractivity contribution is 5.10. The van der Waals surface area contributed by atoms with Gasteiger partial charge in [0.25, 0.3) is 0 Å². The van der Waals surface area contributed by atoms with Crippen LogP contribution in [-0.4, -0.2) is 19.9 Å². The molecule has 0 aliphatic rings. The van der Waals surface area contributed by atoms with Crippen LogP contribution in [0.1, 0.15) is 67.2 Å². The van der Waals surface area contributed by atoms with Crippen LogP contribution in [0, 0.1) is 0 Å². The minimum absolute atomic E-state index is 0.705. The highest BCUT2D eigenvalue weighted by atomic mass is 16.1. The SMILES string of the molecule is C=O.CC.CC.CCCCCC(C)NC. The maximum Gasteiger partial charge on any atom is 0.106 e. The normalized spacial score (nSPS) is 9.27. The van der Waals surface area contributed by atoms with Gasteiger partial charge in [-0.2, -0.15) is 0 Å². The minimum Gasteiger partial charge on any atom is -0.317 e. The van der Waals surface area contributed by atoms with Crippen LogP contribution in [0.25, 0.3) is 0 Å². The predicted molar refractivity (Wildman–Crippen MR) is 72.5 cm³/mol. The van der Waals surface area contributed by atoms with E-state index in [9.17, 15) is 0 Å². The van der Waals surface area contributed by atoms with E-state index in [1.54, 1.807) is 0 Å². The van der Waals surface area contributed by atoms with Crippen LogP contribution in [0.2, 0.25) is 0 Å². The van der Waals surface area contributed by atoms with E-state index < -0.39 is 0 Å². The summed E-state index contributed by atoms with van der Waals surface area (Å²) >= 11 is 0. The summed E-state index contributed by atoms with van der Waals surface area (Å²) in [5.74, 6) is 0. The fraction of sp³-hybridized carbons (Fsp3) is 0.923. The number of carbonyl (C=O) groups excluding carboxylic acids is 1. The molecule has 0 aliphatic carbocycles. The van der Waals surface area contributed by atoms with Crippen LogP contribution in [-0.2, 0) is 4.79 Å². The monoisotopic (exact) mass is 219 g/mol. The van der Waals surface area contributed by atoms with Crippen molar-refractivity contribution in [3.8, 4) is 0 Å². The van der Waals surface area contributed by atoms with E-state index >= 15 is 0 Å². The van der Waals surface area contributed by atoms with Gasteiger partial charge in [-0.3, -0.25) is 0 Å². The zero-order chi connectivity index (χ0) is 13.1. The Labute approximate surface area is 97.8 Å². The molecule has 0 aromatic rings. The molecule has 0 radical (unpaired) electrons. The summed E-state index contributed by atoms with van der Waals surface area (Å²) in [5, 5.41) is 3.22. The van der Waals surface area contributed by atoms with Crippen LogP contribution >= 0.6 is 0 Å². The first-order valence-corrected chi connectivity index (χ1v) is 6.27. The smallest absolute Gasteiger partial charge is 0.106 e. The van der Waals surface area contributed by atoms with Gasteiger partial charge in [-0.25, -0.2) is 0 Å². The van der Waals surface area contributed by atoms with Crippen LogP contribution < -0.4 is 5.32 Å². The van der Waals surface area contributed by atoms with Crippen molar-refractivity contribution in [3.05, 3.63) is 0 Å². The lowest BCUT2D eigenvalue weighted by Gasteiger charge is -2.07. The number of rotatable bonds is 5. The predicted octanol–water partition coefficient (Wildman–Crippen LogP) is 4.04. The standard InChI is InChI=1S/C8H19N.2C2H6.CH2O/c1-4-5-6-7-8(2)9-3;3*1-2/h8-9H,4-7H2,1-3H3;2*1-2H3;1H2. The van der Waals surface area contributed by atoms with Gasteiger partial charge in [0.2, 0.25) is 0 Å². The number of carbonyl (C=O) groups is 1. The average molecular weight is 219 g/mol. The van der Waals surface area contributed by atoms with Gasteiger partial charge in [-0.15, -0.1) is 0 Å². The average Bonchev–Trinajstić information content (AvgIpc) is 2.36. The Hall–Kier alpha value is -0.370. The van der Waals surface area contributed by atoms with Crippen LogP contribution in [0.4, 0.5) is 0 Å². The van der Waals surface area contributed by atoms with Crippen molar-refractivity contribution in [3.63, 3.8) is 0 Å². The first kappa shape index (κ1) is 24.1. The summed E-state index contributed by atoms with van der Waals surface area (Å²) in [6.45, 7) is 14.5. The molecule has 0 aromatic heterocycles. The van der Waals surface area contributed by atoms with Crippen molar-refractivity contribution in [2.45, 2.75) is 73.3 Å². The Morgan fingerprint density at radius 1 is 1.07 bits per heavy atom. The van der Waals surface area contributed by atoms with Crippen molar-refractivity contribution in [1.82, 2.24) is 5.32 Å². The van der Waals surface area contributed by atoms with Crippen molar-refractivity contribution in [1.29, 1.82) is 0 Å². The molecule has 0 saturated carbocycles. The summed E-state index contributed by atoms with van der Waals surface area (Å²) < 4.78 is 0. The molecule has 0 heterocycles. The molecule has 15 heavy (non-hydrogen) atoms. The van der Waals surface area contributed by atoms with Crippen molar-refractivity contribution in [2.24, 2.45) is 0 Å². The summed E-state index contributed by atoms with van der Waals surface area (Å²) in [7, 11) is 2.02. The fourth-order valence-corrected chi connectivity index (χ4v) is 0.845. The zero-order valence-electron chi connectivity index (χ0n) is 12.0. The van der Waals surface area contributed by atoms with E-state index in [4.69, 9.17) is 4.79 Å². The molecule has 2 nitrogen and oxygen atoms in total. The highest BCUT2D eigenvalue weighted by Crippen LogP contribution is 2.01. The van der Waals surface area contributed by atoms with Gasteiger partial charge in [-0.1, -0.05) is 53.9 Å². The largest absolute Gasteiger partial charge is 0.317 e. The second-order valence-electron chi connectivity index (χ2n) is 2.69. The van der Waals surface area contributed by atoms with E-state index in [2.05, 4.69) is 19.2 Å². The van der Waals surface area contributed by atoms with Gasteiger partial charge in [-0.05, 0) is 20.4 Å². The van der Waals surface area contributed by atoms with E-state index in [0.717, 1.165) is 0 Å². The van der Waals surface area contributed by atoms with Crippen LogP contribution in [0.5, 0.6) is 0 Å². The molecule has 0 aliphatic heterocycles. The Morgan fingerprint density at radius 3 is 1.73 bits per heavy atom. The lowest BCUT2D eigenvalue weighted by atomic mass is 10.1. The highest BCUT2D eigenvalue weighted by Gasteiger charge is 1.94. The van der Waals surface area contributed by atoms with E-state index in [0.29, 0.717) is 6.04 Å². The molecule has 0 amide bonds. The lowest BCUT2D eigenvalue weighted by Crippen LogP contribution is -2.20. The lowest BCUT2D eigenvalue weighted by molar-refractivity contribution is -0.0979. The van der Waals surface area contributed by atoms with E-state index in [1.807, 2.05) is 41.5 Å². The summed E-state index contributed by atoms with van der Waals surface area (Å²) in [6, 6.07) is 0.705. The van der Waals surface area contributed by atoms with Gasteiger partial charge < -0.3 is 10.1 Å². The van der Waals surface area contributed by atoms with E-state index in [-0.39, 0.29) is 0 Å².